The van der Waals surface area contributed by atoms with Crippen molar-refractivity contribution in [3.63, 3.8) is 0 Å². The van der Waals surface area contributed by atoms with Crippen LogP contribution in [0.4, 0.5) is 4.79 Å². The van der Waals surface area contributed by atoms with E-state index in [1.165, 1.54) is 13.3 Å². The van der Waals surface area contributed by atoms with Crippen LogP contribution in [0.5, 0.6) is 5.75 Å². The Morgan fingerprint density at radius 3 is 2.40 bits per heavy atom. The van der Waals surface area contributed by atoms with E-state index in [1.54, 1.807) is 29.3 Å². The maximum absolute atomic E-state index is 13.3. The third kappa shape index (κ3) is 4.52. The van der Waals surface area contributed by atoms with Gasteiger partial charge in [0.25, 0.3) is 5.91 Å². The number of likely N-dealkylation sites (tertiary alicyclic amines) is 2. The van der Waals surface area contributed by atoms with Crippen molar-refractivity contribution in [3.8, 4) is 17.2 Å². The van der Waals surface area contributed by atoms with Gasteiger partial charge in [0.2, 0.25) is 0 Å². The molecule has 2 atom stereocenters. The molecule has 0 aliphatic carbocycles. The molecule has 184 valence electrons. The zero-order valence-corrected chi connectivity index (χ0v) is 20.8. The minimum atomic E-state index is -0.528. The Morgan fingerprint density at radius 1 is 1.09 bits per heavy atom. The first-order chi connectivity index (χ1) is 16.6. The number of pyridine rings is 2. The number of nitrogens with zero attached hydrogens (tertiary/aromatic N) is 4. The van der Waals surface area contributed by atoms with Crippen molar-refractivity contribution >= 4 is 34.7 Å². The minimum absolute atomic E-state index is 0.116. The van der Waals surface area contributed by atoms with Crippen molar-refractivity contribution < 1.29 is 23.5 Å². The van der Waals surface area contributed by atoms with Crippen LogP contribution in [-0.4, -0.2) is 70.7 Å². The van der Waals surface area contributed by atoms with E-state index in [4.69, 9.17) is 25.5 Å². The van der Waals surface area contributed by atoms with Crippen LogP contribution in [0.15, 0.2) is 35.0 Å². The predicted molar refractivity (Wildman–Crippen MR) is 129 cm³/mol. The first kappa shape index (κ1) is 23.4. The zero-order chi connectivity index (χ0) is 24.9. The van der Waals surface area contributed by atoms with Gasteiger partial charge in [-0.15, -0.1) is 0 Å². The Bertz CT molecular complexity index is 1290. The van der Waals surface area contributed by atoms with Crippen molar-refractivity contribution in [2.45, 2.75) is 26.4 Å². The third-order valence-electron chi connectivity index (χ3n) is 6.34. The molecule has 5 rings (SSSR count). The zero-order valence-electron chi connectivity index (χ0n) is 20.1. The SMILES string of the molecule is COc1cc(C(=O)N2CC3CN(C(=O)OC(C)(C)C)CC3C2)cnc1-c1cc2nccc(Cl)c2o1. The lowest BCUT2D eigenvalue weighted by Gasteiger charge is -2.26. The van der Waals surface area contributed by atoms with Crippen LogP contribution in [0.25, 0.3) is 22.6 Å². The standard InChI is InChI=1S/C25H27ClN4O5/c1-25(2,3)35-24(32)30-12-15-10-29(11-16(15)13-30)23(31)14-7-19(33-4)21(28-9-14)20-8-18-22(34-20)17(26)5-6-27-18/h5-9,15-16H,10-13H2,1-4H3. The Kier molecular flexibility index (Phi) is 5.83. The molecule has 5 heterocycles. The van der Waals surface area contributed by atoms with Gasteiger partial charge in [-0.3, -0.25) is 9.78 Å². The summed E-state index contributed by atoms with van der Waals surface area (Å²) in [7, 11) is 1.52. The number of methoxy groups -OCH3 is 1. The van der Waals surface area contributed by atoms with E-state index in [2.05, 4.69) is 9.97 Å². The number of hydrogen-bond acceptors (Lipinski definition) is 7. The van der Waals surface area contributed by atoms with Crippen LogP contribution in [-0.2, 0) is 4.74 Å². The number of furan rings is 1. The molecular formula is C25H27ClN4O5. The van der Waals surface area contributed by atoms with Crippen molar-refractivity contribution in [1.82, 2.24) is 19.8 Å². The molecule has 2 aliphatic heterocycles. The Balaban J connectivity index is 1.30. The molecule has 2 aliphatic rings. The summed E-state index contributed by atoms with van der Waals surface area (Å²) in [5.41, 5.74) is 1.45. The van der Waals surface area contributed by atoms with E-state index in [0.29, 0.717) is 65.1 Å². The molecule has 35 heavy (non-hydrogen) atoms. The van der Waals surface area contributed by atoms with Gasteiger partial charge >= 0.3 is 6.09 Å². The number of carbonyl (C=O) groups excluding carboxylic acids is 2. The van der Waals surface area contributed by atoms with Gasteiger partial charge in [-0.1, -0.05) is 11.6 Å². The summed E-state index contributed by atoms with van der Waals surface area (Å²) in [5, 5.41) is 0.455. The fourth-order valence-electron chi connectivity index (χ4n) is 4.74. The van der Waals surface area contributed by atoms with Crippen LogP contribution in [0.2, 0.25) is 5.02 Å². The van der Waals surface area contributed by atoms with Gasteiger partial charge < -0.3 is 23.7 Å². The van der Waals surface area contributed by atoms with Gasteiger partial charge in [0, 0.05) is 56.5 Å². The fourth-order valence-corrected chi connectivity index (χ4v) is 4.93. The van der Waals surface area contributed by atoms with Crippen LogP contribution in [0.1, 0.15) is 31.1 Å². The summed E-state index contributed by atoms with van der Waals surface area (Å²) in [5.74, 6) is 1.22. The van der Waals surface area contributed by atoms with Crippen LogP contribution >= 0.6 is 11.6 Å². The average Bonchev–Trinajstić information content (AvgIpc) is 3.50. The highest BCUT2D eigenvalue weighted by Crippen LogP contribution is 2.36. The summed E-state index contributed by atoms with van der Waals surface area (Å²) in [4.78, 5) is 38.0. The van der Waals surface area contributed by atoms with Gasteiger partial charge in [0.1, 0.15) is 22.6 Å². The van der Waals surface area contributed by atoms with Crippen LogP contribution in [0.3, 0.4) is 0 Å². The molecular weight excluding hydrogens is 472 g/mol. The Hall–Kier alpha value is -3.33. The summed E-state index contributed by atoms with van der Waals surface area (Å²) in [6.07, 6.45) is 2.84. The Labute approximate surface area is 208 Å². The second kappa shape index (κ2) is 8.71. The van der Waals surface area contributed by atoms with Crippen LogP contribution < -0.4 is 4.74 Å². The molecule has 0 N–H and O–H groups in total. The van der Waals surface area contributed by atoms with Crippen molar-refractivity contribution in [1.29, 1.82) is 0 Å². The van der Waals surface area contributed by atoms with E-state index < -0.39 is 5.60 Å². The summed E-state index contributed by atoms with van der Waals surface area (Å²) in [6.45, 7) is 7.92. The lowest BCUT2D eigenvalue weighted by Crippen LogP contribution is -2.38. The number of ether oxygens (including phenoxy) is 2. The molecule has 0 radical (unpaired) electrons. The van der Waals surface area contributed by atoms with Gasteiger partial charge in [-0.2, -0.15) is 0 Å². The predicted octanol–water partition coefficient (Wildman–Crippen LogP) is 4.49. The molecule has 0 bridgehead atoms. The number of aromatic nitrogens is 2. The van der Waals surface area contributed by atoms with Gasteiger partial charge in [-0.25, -0.2) is 9.78 Å². The number of rotatable bonds is 3. The second-order valence-corrected chi connectivity index (χ2v) is 10.4. The first-order valence-corrected chi connectivity index (χ1v) is 11.9. The molecule has 2 saturated heterocycles. The monoisotopic (exact) mass is 498 g/mol. The van der Waals surface area contributed by atoms with E-state index in [-0.39, 0.29) is 23.8 Å². The quantitative estimate of drug-likeness (QED) is 0.524. The summed E-state index contributed by atoms with van der Waals surface area (Å²) in [6, 6.07) is 5.07. The lowest BCUT2D eigenvalue weighted by atomic mass is 10.0. The number of carbonyl (C=O) groups is 2. The van der Waals surface area contributed by atoms with E-state index in [0.717, 1.165) is 0 Å². The first-order valence-electron chi connectivity index (χ1n) is 11.5. The van der Waals surface area contributed by atoms with E-state index >= 15 is 0 Å². The maximum Gasteiger partial charge on any atom is 0.410 e. The molecule has 2 fully saturated rings. The normalized spacial score (nSPS) is 19.8. The fraction of sp³-hybridized carbons (Fsp3) is 0.440. The number of amides is 2. The summed E-state index contributed by atoms with van der Waals surface area (Å²) < 4.78 is 16.9. The Morgan fingerprint density at radius 2 is 1.77 bits per heavy atom. The van der Waals surface area contributed by atoms with E-state index in [9.17, 15) is 9.59 Å². The largest absolute Gasteiger partial charge is 0.494 e. The molecule has 0 aromatic carbocycles. The molecule has 3 aromatic heterocycles. The third-order valence-corrected chi connectivity index (χ3v) is 6.64. The molecule has 3 aromatic rings. The van der Waals surface area contributed by atoms with Gasteiger partial charge in [-0.05, 0) is 32.9 Å². The molecule has 2 unspecified atom stereocenters. The number of hydrogen-bond donors (Lipinski definition) is 0. The van der Waals surface area contributed by atoms with Crippen LogP contribution in [0, 0.1) is 11.8 Å². The molecule has 0 saturated carbocycles. The van der Waals surface area contributed by atoms with Crippen molar-refractivity contribution in [2.24, 2.45) is 11.8 Å². The number of halogens is 1. The highest BCUT2D eigenvalue weighted by molar-refractivity contribution is 6.34. The molecule has 10 heteroatoms. The minimum Gasteiger partial charge on any atom is -0.494 e. The van der Waals surface area contributed by atoms with Crippen molar-refractivity contribution in [2.75, 3.05) is 33.3 Å². The van der Waals surface area contributed by atoms with E-state index in [1.807, 2.05) is 25.7 Å². The molecule has 0 spiro atoms. The maximum atomic E-state index is 13.3. The molecule has 9 nitrogen and oxygen atoms in total. The van der Waals surface area contributed by atoms with Gasteiger partial charge in [0.05, 0.1) is 17.7 Å². The smallest absolute Gasteiger partial charge is 0.410 e. The molecule has 2 amide bonds. The highest BCUT2D eigenvalue weighted by Gasteiger charge is 2.44. The highest BCUT2D eigenvalue weighted by atomic mass is 35.5. The number of fused-ring (bicyclic) bond motifs is 2. The summed E-state index contributed by atoms with van der Waals surface area (Å²) >= 11 is 6.20. The lowest BCUT2D eigenvalue weighted by molar-refractivity contribution is 0.0275. The topological polar surface area (TPSA) is 98.0 Å². The van der Waals surface area contributed by atoms with Crippen molar-refractivity contribution in [3.05, 3.63) is 41.2 Å². The average molecular weight is 499 g/mol. The van der Waals surface area contributed by atoms with Gasteiger partial charge in [0.15, 0.2) is 11.3 Å². The second-order valence-electron chi connectivity index (χ2n) is 10.0.